The van der Waals surface area contributed by atoms with Crippen LogP contribution in [0.3, 0.4) is 0 Å². The SMILES string of the molecule is CCC(C)Oc1cccc(NCc2ccc(O)cc2)c1. The fourth-order valence-electron chi connectivity index (χ4n) is 1.81. The summed E-state index contributed by atoms with van der Waals surface area (Å²) >= 11 is 0. The maximum atomic E-state index is 9.25. The molecule has 0 aromatic heterocycles. The summed E-state index contributed by atoms with van der Waals surface area (Å²) in [6.07, 6.45) is 1.22. The quantitative estimate of drug-likeness (QED) is 0.828. The third kappa shape index (κ3) is 4.19. The second-order valence-electron chi connectivity index (χ2n) is 4.88. The molecule has 20 heavy (non-hydrogen) atoms. The zero-order valence-corrected chi connectivity index (χ0v) is 12.0. The van der Waals surface area contributed by atoms with Crippen molar-refractivity contribution in [1.82, 2.24) is 0 Å². The van der Waals surface area contributed by atoms with Gasteiger partial charge in [0.15, 0.2) is 0 Å². The Morgan fingerprint density at radius 2 is 1.90 bits per heavy atom. The summed E-state index contributed by atoms with van der Waals surface area (Å²) in [5, 5.41) is 12.6. The second kappa shape index (κ2) is 6.85. The fourth-order valence-corrected chi connectivity index (χ4v) is 1.81. The van der Waals surface area contributed by atoms with Crippen molar-refractivity contribution in [3.63, 3.8) is 0 Å². The maximum absolute atomic E-state index is 9.25. The lowest BCUT2D eigenvalue weighted by Gasteiger charge is -2.14. The van der Waals surface area contributed by atoms with E-state index in [1.165, 1.54) is 0 Å². The minimum absolute atomic E-state index is 0.224. The molecular weight excluding hydrogens is 250 g/mol. The van der Waals surface area contributed by atoms with Gasteiger partial charge in [-0.25, -0.2) is 0 Å². The lowest BCUT2D eigenvalue weighted by molar-refractivity contribution is 0.217. The Bertz CT molecular complexity index is 537. The summed E-state index contributed by atoms with van der Waals surface area (Å²) in [5.41, 5.74) is 2.15. The first-order valence-electron chi connectivity index (χ1n) is 6.96. The van der Waals surface area contributed by atoms with Crippen LogP contribution in [0.15, 0.2) is 48.5 Å². The van der Waals surface area contributed by atoms with Gasteiger partial charge in [-0.2, -0.15) is 0 Å². The molecule has 0 spiro atoms. The number of hydrogen-bond acceptors (Lipinski definition) is 3. The third-order valence-electron chi connectivity index (χ3n) is 3.18. The van der Waals surface area contributed by atoms with Gasteiger partial charge in [-0.1, -0.05) is 25.1 Å². The van der Waals surface area contributed by atoms with Crippen molar-refractivity contribution in [2.24, 2.45) is 0 Å². The summed E-state index contributed by atoms with van der Waals surface area (Å²) in [7, 11) is 0. The van der Waals surface area contributed by atoms with Crippen LogP contribution in [-0.2, 0) is 6.54 Å². The summed E-state index contributed by atoms with van der Waals surface area (Å²) in [5.74, 6) is 1.17. The van der Waals surface area contributed by atoms with E-state index >= 15 is 0 Å². The van der Waals surface area contributed by atoms with Crippen molar-refractivity contribution in [3.8, 4) is 11.5 Å². The molecule has 106 valence electrons. The Kier molecular flexibility index (Phi) is 4.88. The van der Waals surface area contributed by atoms with E-state index < -0.39 is 0 Å². The molecule has 0 aliphatic rings. The third-order valence-corrected chi connectivity index (χ3v) is 3.18. The second-order valence-corrected chi connectivity index (χ2v) is 4.88. The van der Waals surface area contributed by atoms with E-state index in [9.17, 15) is 5.11 Å². The van der Waals surface area contributed by atoms with Gasteiger partial charge in [-0.15, -0.1) is 0 Å². The van der Waals surface area contributed by atoms with Gasteiger partial charge < -0.3 is 15.2 Å². The average Bonchev–Trinajstić information content (AvgIpc) is 2.47. The average molecular weight is 271 g/mol. The van der Waals surface area contributed by atoms with Gasteiger partial charge in [-0.05, 0) is 43.2 Å². The largest absolute Gasteiger partial charge is 0.508 e. The standard InChI is InChI=1S/C17H21NO2/c1-3-13(2)20-17-6-4-5-15(11-17)18-12-14-7-9-16(19)10-8-14/h4-11,13,18-19H,3,12H2,1-2H3. The van der Waals surface area contributed by atoms with E-state index in [2.05, 4.69) is 19.2 Å². The molecule has 0 fully saturated rings. The highest BCUT2D eigenvalue weighted by Gasteiger charge is 2.02. The smallest absolute Gasteiger partial charge is 0.121 e. The van der Waals surface area contributed by atoms with Crippen LogP contribution in [0.25, 0.3) is 0 Å². The highest BCUT2D eigenvalue weighted by atomic mass is 16.5. The summed E-state index contributed by atoms with van der Waals surface area (Å²) in [6.45, 7) is 4.89. The molecule has 3 nitrogen and oxygen atoms in total. The molecule has 2 rings (SSSR count). The van der Waals surface area contributed by atoms with Crippen LogP contribution in [-0.4, -0.2) is 11.2 Å². The highest BCUT2D eigenvalue weighted by molar-refractivity contribution is 5.48. The van der Waals surface area contributed by atoms with Gasteiger partial charge >= 0.3 is 0 Å². The Morgan fingerprint density at radius 3 is 2.60 bits per heavy atom. The van der Waals surface area contributed by atoms with E-state index in [-0.39, 0.29) is 11.9 Å². The number of ether oxygens (including phenoxy) is 1. The van der Waals surface area contributed by atoms with Crippen LogP contribution in [0.5, 0.6) is 11.5 Å². The fraction of sp³-hybridized carbons (Fsp3) is 0.294. The minimum Gasteiger partial charge on any atom is -0.508 e. The number of hydrogen-bond donors (Lipinski definition) is 2. The monoisotopic (exact) mass is 271 g/mol. The van der Waals surface area contributed by atoms with Crippen molar-refractivity contribution in [2.75, 3.05) is 5.32 Å². The normalized spacial score (nSPS) is 11.9. The number of phenolic OH excluding ortho intramolecular Hbond substituents is 1. The molecule has 0 amide bonds. The molecule has 0 heterocycles. The summed E-state index contributed by atoms with van der Waals surface area (Å²) in [4.78, 5) is 0. The predicted octanol–water partition coefficient (Wildman–Crippen LogP) is 4.18. The van der Waals surface area contributed by atoms with E-state index in [0.29, 0.717) is 6.54 Å². The molecule has 0 bridgehead atoms. The van der Waals surface area contributed by atoms with Crippen molar-refractivity contribution in [1.29, 1.82) is 0 Å². The topological polar surface area (TPSA) is 41.5 Å². The van der Waals surface area contributed by atoms with Crippen molar-refractivity contribution in [3.05, 3.63) is 54.1 Å². The molecular formula is C17H21NO2. The van der Waals surface area contributed by atoms with Gasteiger partial charge in [0.05, 0.1) is 6.10 Å². The van der Waals surface area contributed by atoms with Crippen LogP contribution < -0.4 is 10.1 Å². The van der Waals surface area contributed by atoms with E-state index in [1.54, 1.807) is 12.1 Å². The lowest BCUT2D eigenvalue weighted by atomic mass is 10.2. The number of rotatable bonds is 6. The molecule has 0 aliphatic heterocycles. The number of nitrogens with one attached hydrogen (secondary N) is 1. The van der Waals surface area contributed by atoms with E-state index in [4.69, 9.17) is 4.74 Å². The Balaban J connectivity index is 1.95. The molecule has 2 N–H and O–H groups in total. The summed E-state index contributed by atoms with van der Waals surface area (Å²) < 4.78 is 5.80. The molecule has 1 unspecified atom stereocenters. The summed E-state index contributed by atoms with van der Waals surface area (Å²) in [6, 6.07) is 15.2. The predicted molar refractivity (Wildman–Crippen MR) is 82.3 cm³/mol. The van der Waals surface area contributed by atoms with Gasteiger partial charge in [0, 0.05) is 18.3 Å². The lowest BCUT2D eigenvalue weighted by Crippen LogP contribution is -2.09. The number of aromatic hydroxyl groups is 1. The molecule has 2 aromatic carbocycles. The zero-order chi connectivity index (χ0) is 14.4. The number of phenols is 1. The van der Waals surface area contributed by atoms with Crippen LogP contribution in [0.2, 0.25) is 0 Å². The van der Waals surface area contributed by atoms with Crippen molar-refractivity contribution < 1.29 is 9.84 Å². The van der Waals surface area contributed by atoms with Crippen LogP contribution in [0.1, 0.15) is 25.8 Å². The van der Waals surface area contributed by atoms with Crippen molar-refractivity contribution >= 4 is 5.69 Å². The molecule has 3 heteroatoms. The molecule has 0 saturated carbocycles. The van der Waals surface area contributed by atoms with Gasteiger partial charge in [0.25, 0.3) is 0 Å². The first-order valence-corrected chi connectivity index (χ1v) is 6.96. The van der Waals surface area contributed by atoms with Gasteiger partial charge in [0.2, 0.25) is 0 Å². The molecule has 0 saturated heterocycles. The van der Waals surface area contributed by atoms with E-state index in [1.807, 2.05) is 36.4 Å². The Hall–Kier alpha value is -2.16. The molecule has 0 aliphatic carbocycles. The first kappa shape index (κ1) is 14.3. The van der Waals surface area contributed by atoms with E-state index in [0.717, 1.165) is 23.4 Å². The Morgan fingerprint density at radius 1 is 1.15 bits per heavy atom. The van der Waals surface area contributed by atoms with Crippen LogP contribution in [0.4, 0.5) is 5.69 Å². The van der Waals surface area contributed by atoms with Crippen molar-refractivity contribution in [2.45, 2.75) is 32.9 Å². The zero-order valence-electron chi connectivity index (χ0n) is 12.0. The van der Waals surface area contributed by atoms with Gasteiger partial charge in [0.1, 0.15) is 11.5 Å². The highest BCUT2D eigenvalue weighted by Crippen LogP contribution is 2.20. The first-order chi connectivity index (χ1) is 9.67. The molecule has 0 radical (unpaired) electrons. The number of anilines is 1. The minimum atomic E-state index is 0.224. The van der Waals surface area contributed by atoms with Crippen LogP contribution in [0, 0.1) is 0 Å². The maximum Gasteiger partial charge on any atom is 0.121 e. The van der Waals surface area contributed by atoms with Crippen LogP contribution >= 0.6 is 0 Å². The Labute approximate surface area is 120 Å². The van der Waals surface area contributed by atoms with Gasteiger partial charge in [-0.3, -0.25) is 0 Å². The molecule has 1 atom stereocenters. The number of benzene rings is 2. The molecule has 2 aromatic rings.